The molecule has 6 heteroatoms. The Morgan fingerprint density at radius 1 is 1.00 bits per heavy atom. The molecule has 0 saturated heterocycles. The summed E-state index contributed by atoms with van der Waals surface area (Å²) in [6.07, 6.45) is 1.00. The zero-order valence-corrected chi connectivity index (χ0v) is 13.5. The predicted octanol–water partition coefficient (Wildman–Crippen LogP) is 3.66. The summed E-state index contributed by atoms with van der Waals surface area (Å²) >= 11 is 5.92. The first-order valence-electron chi connectivity index (χ1n) is 7.20. The minimum atomic E-state index is -0.289. The highest BCUT2D eigenvalue weighted by Crippen LogP contribution is 2.15. The number of halogens is 1. The molecule has 3 amide bonds. The van der Waals surface area contributed by atoms with Crippen molar-refractivity contribution in [2.75, 3.05) is 17.7 Å². The van der Waals surface area contributed by atoms with Gasteiger partial charge in [0, 0.05) is 29.9 Å². The zero-order valence-electron chi connectivity index (χ0n) is 12.7. The minimum Gasteiger partial charge on any atom is -0.341 e. The first-order valence-corrected chi connectivity index (χ1v) is 7.58. The van der Waals surface area contributed by atoms with E-state index in [2.05, 4.69) is 16.0 Å². The van der Waals surface area contributed by atoms with Crippen LogP contribution in [0.15, 0.2) is 48.5 Å². The van der Waals surface area contributed by atoms with Crippen LogP contribution in [0.3, 0.4) is 0 Å². The maximum absolute atomic E-state index is 12.0. The molecule has 0 heterocycles. The second kappa shape index (κ2) is 8.19. The van der Waals surface area contributed by atoms with Crippen LogP contribution in [0, 0.1) is 0 Å². The Labute approximate surface area is 140 Å². The summed E-state index contributed by atoms with van der Waals surface area (Å²) in [7, 11) is 1.55. The number of benzene rings is 2. The first kappa shape index (κ1) is 16.8. The molecule has 120 valence electrons. The van der Waals surface area contributed by atoms with Crippen molar-refractivity contribution in [2.24, 2.45) is 0 Å². The third kappa shape index (κ3) is 5.64. The summed E-state index contributed by atoms with van der Waals surface area (Å²) in [5.41, 5.74) is 2.36. The van der Waals surface area contributed by atoms with E-state index >= 15 is 0 Å². The SMILES string of the molecule is CNC(=O)Nc1ccc(NC(=O)CCc2cccc(Cl)c2)cc1. The van der Waals surface area contributed by atoms with Gasteiger partial charge >= 0.3 is 6.03 Å². The lowest BCUT2D eigenvalue weighted by atomic mass is 10.1. The highest BCUT2D eigenvalue weighted by atomic mass is 35.5. The van der Waals surface area contributed by atoms with Crippen molar-refractivity contribution >= 4 is 34.9 Å². The van der Waals surface area contributed by atoms with E-state index < -0.39 is 0 Å². The van der Waals surface area contributed by atoms with Gasteiger partial charge in [-0.1, -0.05) is 23.7 Å². The fourth-order valence-electron chi connectivity index (χ4n) is 2.00. The van der Waals surface area contributed by atoms with Gasteiger partial charge in [-0.25, -0.2) is 4.79 Å². The van der Waals surface area contributed by atoms with Crippen molar-refractivity contribution in [1.82, 2.24) is 5.32 Å². The molecule has 0 aromatic heterocycles. The Bertz CT molecular complexity index is 686. The molecule has 0 saturated carbocycles. The normalized spacial score (nSPS) is 10.0. The Hall–Kier alpha value is -2.53. The van der Waals surface area contributed by atoms with E-state index in [9.17, 15) is 9.59 Å². The van der Waals surface area contributed by atoms with E-state index in [0.717, 1.165) is 5.56 Å². The number of hydrogen-bond acceptors (Lipinski definition) is 2. The number of nitrogens with one attached hydrogen (secondary N) is 3. The monoisotopic (exact) mass is 331 g/mol. The van der Waals surface area contributed by atoms with E-state index in [-0.39, 0.29) is 11.9 Å². The second-order valence-corrected chi connectivity index (χ2v) is 5.40. The minimum absolute atomic E-state index is 0.0722. The van der Waals surface area contributed by atoms with Crippen molar-refractivity contribution in [3.05, 3.63) is 59.1 Å². The van der Waals surface area contributed by atoms with Crippen LogP contribution in [-0.4, -0.2) is 19.0 Å². The largest absolute Gasteiger partial charge is 0.341 e. The lowest BCUT2D eigenvalue weighted by Crippen LogP contribution is -2.24. The van der Waals surface area contributed by atoms with E-state index in [0.29, 0.717) is 29.2 Å². The molecule has 0 spiro atoms. The van der Waals surface area contributed by atoms with Crippen LogP contribution in [0.25, 0.3) is 0 Å². The number of rotatable bonds is 5. The Balaban J connectivity index is 1.84. The number of hydrogen-bond donors (Lipinski definition) is 3. The van der Waals surface area contributed by atoms with Gasteiger partial charge in [-0.2, -0.15) is 0 Å². The van der Waals surface area contributed by atoms with E-state index in [1.54, 1.807) is 37.4 Å². The maximum Gasteiger partial charge on any atom is 0.318 e. The fraction of sp³-hybridized carbons (Fsp3) is 0.176. The van der Waals surface area contributed by atoms with Crippen LogP contribution in [-0.2, 0) is 11.2 Å². The molecule has 0 aliphatic carbocycles. The van der Waals surface area contributed by atoms with Crippen LogP contribution < -0.4 is 16.0 Å². The highest BCUT2D eigenvalue weighted by molar-refractivity contribution is 6.30. The Morgan fingerprint density at radius 2 is 1.65 bits per heavy atom. The molecule has 3 N–H and O–H groups in total. The van der Waals surface area contributed by atoms with E-state index in [1.165, 1.54) is 0 Å². The molecular weight excluding hydrogens is 314 g/mol. The number of carbonyl (C=O) groups excluding carboxylic acids is 2. The van der Waals surface area contributed by atoms with Gasteiger partial charge in [0.1, 0.15) is 0 Å². The molecule has 0 unspecified atom stereocenters. The second-order valence-electron chi connectivity index (χ2n) is 4.96. The fourth-order valence-corrected chi connectivity index (χ4v) is 2.22. The molecule has 2 aromatic carbocycles. The Kier molecular flexibility index (Phi) is 6.00. The summed E-state index contributed by atoms with van der Waals surface area (Å²) < 4.78 is 0. The average Bonchev–Trinajstić information content (AvgIpc) is 2.55. The Morgan fingerprint density at radius 3 is 2.26 bits per heavy atom. The van der Waals surface area contributed by atoms with Crippen molar-refractivity contribution in [2.45, 2.75) is 12.8 Å². The average molecular weight is 332 g/mol. The van der Waals surface area contributed by atoms with Crippen LogP contribution in [0.1, 0.15) is 12.0 Å². The summed E-state index contributed by atoms with van der Waals surface area (Å²) in [6.45, 7) is 0. The molecule has 0 fully saturated rings. The molecular formula is C17H18ClN3O2. The summed E-state index contributed by atoms with van der Waals surface area (Å²) in [5.74, 6) is -0.0722. The summed E-state index contributed by atoms with van der Waals surface area (Å²) in [4.78, 5) is 23.1. The van der Waals surface area contributed by atoms with E-state index in [4.69, 9.17) is 11.6 Å². The van der Waals surface area contributed by atoms with Gasteiger partial charge in [0.25, 0.3) is 0 Å². The van der Waals surface area contributed by atoms with Gasteiger partial charge < -0.3 is 16.0 Å². The standard InChI is InChI=1S/C17H18ClN3O2/c1-19-17(23)21-15-8-6-14(7-9-15)20-16(22)10-5-12-3-2-4-13(18)11-12/h2-4,6-9,11H,5,10H2,1H3,(H,20,22)(H2,19,21,23). The number of anilines is 2. The third-order valence-corrected chi connectivity index (χ3v) is 3.42. The molecule has 2 aromatic rings. The smallest absolute Gasteiger partial charge is 0.318 e. The molecule has 0 atom stereocenters. The third-order valence-electron chi connectivity index (χ3n) is 3.18. The highest BCUT2D eigenvalue weighted by Gasteiger charge is 2.04. The van der Waals surface area contributed by atoms with Gasteiger partial charge in [-0.3, -0.25) is 4.79 Å². The van der Waals surface area contributed by atoms with Crippen LogP contribution in [0.5, 0.6) is 0 Å². The lowest BCUT2D eigenvalue weighted by molar-refractivity contribution is -0.116. The van der Waals surface area contributed by atoms with Gasteiger partial charge in [0.05, 0.1) is 0 Å². The summed E-state index contributed by atoms with van der Waals surface area (Å²) in [5, 5.41) is 8.61. The van der Waals surface area contributed by atoms with Gasteiger partial charge in [0.2, 0.25) is 5.91 Å². The molecule has 0 aliphatic heterocycles. The van der Waals surface area contributed by atoms with Gasteiger partial charge in [-0.15, -0.1) is 0 Å². The van der Waals surface area contributed by atoms with Crippen LogP contribution >= 0.6 is 11.6 Å². The van der Waals surface area contributed by atoms with Crippen molar-refractivity contribution in [3.8, 4) is 0 Å². The number of amides is 3. The molecule has 23 heavy (non-hydrogen) atoms. The quantitative estimate of drug-likeness (QED) is 0.782. The molecule has 5 nitrogen and oxygen atoms in total. The zero-order chi connectivity index (χ0) is 16.7. The van der Waals surface area contributed by atoms with Crippen LogP contribution in [0.2, 0.25) is 5.02 Å². The van der Waals surface area contributed by atoms with Crippen LogP contribution in [0.4, 0.5) is 16.2 Å². The molecule has 2 rings (SSSR count). The number of urea groups is 1. The topological polar surface area (TPSA) is 70.2 Å². The van der Waals surface area contributed by atoms with Crippen molar-refractivity contribution in [1.29, 1.82) is 0 Å². The molecule has 0 bridgehead atoms. The van der Waals surface area contributed by atoms with Crippen molar-refractivity contribution in [3.63, 3.8) is 0 Å². The summed E-state index contributed by atoms with van der Waals surface area (Å²) in [6, 6.07) is 14.1. The van der Waals surface area contributed by atoms with Gasteiger partial charge in [0.15, 0.2) is 0 Å². The molecule has 0 radical (unpaired) electrons. The first-order chi connectivity index (χ1) is 11.1. The molecule has 0 aliphatic rings. The number of aryl methyl sites for hydroxylation is 1. The van der Waals surface area contributed by atoms with E-state index in [1.807, 2.05) is 18.2 Å². The lowest BCUT2D eigenvalue weighted by Gasteiger charge is -2.08. The maximum atomic E-state index is 12.0. The van der Waals surface area contributed by atoms with Gasteiger partial charge in [-0.05, 0) is 48.4 Å². The number of carbonyl (C=O) groups is 2. The van der Waals surface area contributed by atoms with Crippen molar-refractivity contribution < 1.29 is 9.59 Å². The predicted molar refractivity (Wildman–Crippen MR) is 92.9 cm³/mol.